The second-order valence-corrected chi connectivity index (χ2v) is 8.27. The van der Waals surface area contributed by atoms with Gasteiger partial charge in [0.1, 0.15) is 18.2 Å². The van der Waals surface area contributed by atoms with Crippen molar-refractivity contribution in [2.75, 3.05) is 38.5 Å². The third-order valence-electron chi connectivity index (χ3n) is 5.06. The summed E-state index contributed by atoms with van der Waals surface area (Å²) in [5.41, 5.74) is 0.765. The summed E-state index contributed by atoms with van der Waals surface area (Å²) in [6.45, 7) is 2.58. The van der Waals surface area contributed by atoms with Gasteiger partial charge in [0, 0.05) is 32.2 Å². The van der Waals surface area contributed by atoms with Crippen LogP contribution in [0.1, 0.15) is 10.5 Å². The topological polar surface area (TPSA) is 70.5 Å². The van der Waals surface area contributed by atoms with E-state index in [9.17, 15) is 18.4 Å². The van der Waals surface area contributed by atoms with Gasteiger partial charge in [-0.25, -0.2) is 8.78 Å². The average Bonchev–Trinajstić information content (AvgIpc) is 3.40. The lowest BCUT2D eigenvalue weighted by atomic mass is 10.2. The summed E-state index contributed by atoms with van der Waals surface area (Å²) >= 11 is 1.46. The van der Waals surface area contributed by atoms with E-state index < -0.39 is 17.5 Å². The average molecular weight is 445 g/mol. The van der Waals surface area contributed by atoms with E-state index in [2.05, 4.69) is 15.3 Å². The number of aromatic nitrogens is 2. The molecular formula is C21H21F2N5O2S. The number of likely N-dealkylation sites (N-methyl/N-ethyl adjacent to an activating group) is 1. The Morgan fingerprint density at radius 1 is 1.13 bits per heavy atom. The zero-order valence-corrected chi connectivity index (χ0v) is 17.7. The molecule has 0 unspecified atom stereocenters. The highest BCUT2D eigenvalue weighted by Gasteiger charge is 2.25. The van der Waals surface area contributed by atoms with Gasteiger partial charge in [-0.05, 0) is 36.7 Å². The molecular weight excluding hydrogens is 424 g/mol. The Bertz CT molecular complexity index is 1090. The first-order valence-corrected chi connectivity index (χ1v) is 10.6. The number of carbonyl (C=O) groups excluding carboxylic acids is 2. The molecule has 0 radical (unpaired) electrons. The largest absolute Gasteiger partial charge is 0.335 e. The molecule has 0 saturated carbocycles. The Labute approximate surface area is 181 Å². The van der Waals surface area contributed by atoms with Gasteiger partial charge in [-0.2, -0.15) is 5.10 Å². The predicted octanol–water partition coefficient (Wildman–Crippen LogP) is 2.92. The number of hydrogen-bond acceptors (Lipinski definition) is 5. The molecule has 1 aliphatic rings. The van der Waals surface area contributed by atoms with E-state index in [1.54, 1.807) is 11.0 Å². The first-order chi connectivity index (χ1) is 14.9. The van der Waals surface area contributed by atoms with Crippen LogP contribution >= 0.6 is 11.3 Å². The number of rotatable bonds is 5. The van der Waals surface area contributed by atoms with Crippen molar-refractivity contribution in [3.8, 4) is 10.6 Å². The highest BCUT2D eigenvalue weighted by atomic mass is 32.1. The third kappa shape index (κ3) is 4.80. The number of hydrogen-bond donors (Lipinski definition) is 1. The molecule has 162 valence electrons. The fourth-order valence-electron chi connectivity index (χ4n) is 3.35. The van der Waals surface area contributed by atoms with E-state index in [0.29, 0.717) is 24.8 Å². The Hall–Kier alpha value is -3.11. The van der Waals surface area contributed by atoms with Crippen molar-refractivity contribution in [3.63, 3.8) is 0 Å². The molecule has 1 aliphatic heterocycles. The molecule has 3 aromatic rings. The van der Waals surface area contributed by atoms with Crippen molar-refractivity contribution < 1.29 is 18.4 Å². The third-order valence-corrected chi connectivity index (χ3v) is 5.95. The zero-order chi connectivity index (χ0) is 22.0. The molecule has 0 bridgehead atoms. The number of benzene rings is 1. The van der Waals surface area contributed by atoms with Gasteiger partial charge in [0.15, 0.2) is 5.69 Å². The maximum Gasteiger partial charge on any atom is 0.274 e. The molecule has 4 rings (SSSR count). The Morgan fingerprint density at radius 3 is 2.58 bits per heavy atom. The van der Waals surface area contributed by atoms with Crippen LogP contribution in [0.5, 0.6) is 0 Å². The smallest absolute Gasteiger partial charge is 0.274 e. The molecule has 1 aromatic carbocycles. The molecule has 1 N–H and O–H groups in total. The standard InChI is InChI=1S/C21H21F2N5O2S/c1-26-6-8-27(9-7-26)21(30)17-12-18(19-3-2-10-31-19)28(25-17)13-20(29)24-16-5-4-14(22)11-15(16)23/h2-5,10-12H,6-9,13H2,1H3,(H,24,29). The Morgan fingerprint density at radius 2 is 1.90 bits per heavy atom. The minimum atomic E-state index is -0.863. The molecule has 2 amide bonds. The lowest BCUT2D eigenvalue weighted by Gasteiger charge is -2.31. The van der Waals surface area contributed by atoms with Crippen LogP contribution in [0.25, 0.3) is 10.6 Å². The number of halogens is 2. The van der Waals surface area contributed by atoms with Gasteiger partial charge >= 0.3 is 0 Å². The van der Waals surface area contributed by atoms with Crippen LogP contribution in [0, 0.1) is 11.6 Å². The van der Waals surface area contributed by atoms with E-state index in [0.717, 1.165) is 30.1 Å². The van der Waals surface area contributed by atoms with Crippen LogP contribution in [0.3, 0.4) is 0 Å². The SMILES string of the molecule is CN1CCN(C(=O)c2cc(-c3cccs3)n(CC(=O)Nc3ccc(F)cc3F)n2)CC1. The first kappa shape index (κ1) is 21.1. The monoisotopic (exact) mass is 445 g/mol. The summed E-state index contributed by atoms with van der Waals surface area (Å²) in [6.07, 6.45) is 0. The van der Waals surface area contributed by atoms with Crippen LogP contribution in [0.4, 0.5) is 14.5 Å². The van der Waals surface area contributed by atoms with Crippen molar-refractivity contribution in [2.45, 2.75) is 6.54 Å². The maximum atomic E-state index is 13.9. The molecule has 1 saturated heterocycles. The van der Waals surface area contributed by atoms with Crippen molar-refractivity contribution in [1.29, 1.82) is 0 Å². The number of anilines is 1. The Kier molecular flexibility index (Phi) is 6.10. The van der Waals surface area contributed by atoms with E-state index in [-0.39, 0.29) is 23.8 Å². The number of thiophene rings is 1. The fourth-order valence-corrected chi connectivity index (χ4v) is 4.10. The van der Waals surface area contributed by atoms with Crippen LogP contribution in [-0.4, -0.2) is 64.6 Å². The van der Waals surface area contributed by atoms with Crippen molar-refractivity contribution in [2.24, 2.45) is 0 Å². The zero-order valence-electron chi connectivity index (χ0n) is 16.8. The molecule has 10 heteroatoms. The second kappa shape index (κ2) is 8.94. The molecule has 0 spiro atoms. The number of amides is 2. The normalized spacial score (nSPS) is 14.6. The van der Waals surface area contributed by atoms with Gasteiger partial charge in [0.25, 0.3) is 5.91 Å². The van der Waals surface area contributed by atoms with Crippen molar-refractivity contribution >= 4 is 28.8 Å². The van der Waals surface area contributed by atoms with E-state index in [1.807, 2.05) is 24.6 Å². The summed E-state index contributed by atoms with van der Waals surface area (Å²) in [5.74, 6) is -2.31. The Balaban J connectivity index is 1.56. The summed E-state index contributed by atoms with van der Waals surface area (Å²) in [4.78, 5) is 30.2. The van der Waals surface area contributed by atoms with Gasteiger partial charge in [-0.1, -0.05) is 6.07 Å². The van der Waals surface area contributed by atoms with E-state index >= 15 is 0 Å². The van der Waals surface area contributed by atoms with Gasteiger partial charge in [-0.3, -0.25) is 14.3 Å². The second-order valence-electron chi connectivity index (χ2n) is 7.32. The van der Waals surface area contributed by atoms with E-state index in [1.165, 1.54) is 16.0 Å². The lowest BCUT2D eigenvalue weighted by molar-refractivity contribution is -0.116. The summed E-state index contributed by atoms with van der Waals surface area (Å²) in [7, 11) is 2.01. The van der Waals surface area contributed by atoms with Gasteiger partial charge < -0.3 is 15.1 Å². The van der Waals surface area contributed by atoms with Gasteiger partial charge in [0.05, 0.1) is 16.3 Å². The number of nitrogens with one attached hydrogen (secondary N) is 1. The summed E-state index contributed by atoms with van der Waals surface area (Å²) in [5, 5.41) is 8.70. The molecule has 2 aromatic heterocycles. The van der Waals surface area contributed by atoms with Crippen LogP contribution in [-0.2, 0) is 11.3 Å². The highest BCUT2D eigenvalue weighted by molar-refractivity contribution is 7.13. The highest BCUT2D eigenvalue weighted by Crippen LogP contribution is 2.26. The van der Waals surface area contributed by atoms with Gasteiger partial charge in [0.2, 0.25) is 5.91 Å². The van der Waals surface area contributed by atoms with Crippen molar-refractivity contribution in [1.82, 2.24) is 19.6 Å². The fraction of sp³-hybridized carbons (Fsp3) is 0.286. The lowest BCUT2D eigenvalue weighted by Crippen LogP contribution is -2.47. The van der Waals surface area contributed by atoms with Crippen LogP contribution in [0.15, 0.2) is 41.8 Å². The maximum absolute atomic E-state index is 13.9. The molecule has 31 heavy (non-hydrogen) atoms. The minimum absolute atomic E-state index is 0.120. The number of piperazine rings is 1. The molecule has 0 atom stereocenters. The summed E-state index contributed by atoms with van der Waals surface area (Å²) < 4.78 is 28.4. The minimum Gasteiger partial charge on any atom is -0.335 e. The molecule has 0 aliphatic carbocycles. The number of carbonyl (C=O) groups is 2. The number of nitrogens with zero attached hydrogens (tertiary/aromatic N) is 4. The van der Waals surface area contributed by atoms with Gasteiger partial charge in [-0.15, -0.1) is 11.3 Å². The van der Waals surface area contributed by atoms with Crippen molar-refractivity contribution in [3.05, 3.63) is 59.1 Å². The predicted molar refractivity (Wildman–Crippen MR) is 114 cm³/mol. The first-order valence-electron chi connectivity index (χ1n) is 9.75. The molecule has 3 heterocycles. The van der Waals surface area contributed by atoms with Crippen LogP contribution in [0.2, 0.25) is 0 Å². The summed E-state index contributed by atoms with van der Waals surface area (Å²) in [6, 6.07) is 8.35. The van der Waals surface area contributed by atoms with Crippen LogP contribution < -0.4 is 5.32 Å². The van der Waals surface area contributed by atoms with E-state index in [4.69, 9.17) is 0 Å². The molecule has 7 nitrogen and oxygen atoms in total. The quantitative estimate of drug-likeness (QED) is 0.656. The molecule has 1 fully saturated rings.